The summed E-state index contributed by atoms with van der Waals surface area (Å²) in [6.45, 7) is 0.133. The molecule has 0 spiro atoms. The van der Waals surface area contributed by atoms with Crippen molar-refractivity contribution in [2.45, 2.75) is 18.4 Å². The number of alkyl carbamates (subject to hydrolysis) is 1. The fourth-order valence-electron chi connectivity index (χ4n) is 4.48. The Hall–Kier alpha value is -4.19. The van der Waals surface area contributed by atoms with Crippen LogP contribution in [0.1, 0.15) is 22.6 Å². The number of carbonyl (C=O) groups excluding carboxylic acids is 1. The van der Waals surface area contributed by atoms with Gasteiger partial charge in [0.05, 0.1) is 0 Å². The molecule has 5 rings (SSSR count). The van der Waals surface area contributed by atoms with Gasteiger partial charge in [-0.1, -0.05) is 60.7 Å². The van der Waals surface area contributed by atoms with Crippen LogP contribution in [0.2, 0.25) is 0 Å². The predicted octanol–water partition coefficient (Wildman–Crippen LogP) is 4.77. The van der Waals surface area contributed by atoms with Crippen LogP contribution in [0.25, 0.3) is 21.9 Å². The molecule has 0 aliphatic heterocycles. The lowest BCUT2D eigenvalue weighted by atomic mass is 9.98. The van der Waals surface area contributed by atoms with Crippen LogP contribution in [-0.2, 0) is 16.0 Å². The number of ether oxygens (including phenoxy) is 1. The lowest BCUT2D eigenvalue weighted by molar-refractivity contribution is -0.139. The highest BCUT2D eigenvalue weighted by Gasteiger charge is 2.29. The summed E-state index contributed by atoms with van der Waals surface area (Å²) >= 11 is 0. The van der Waals surface area contributed by atoms with Gasteiger partial charge in [0.1, 0.15) is 12.6 Å². The molecule has 0 fully saturated rings. The number of carboxylic acids is 1. The Morgan fingerprint density at radius 1 is 0.939 bits per heavy atom. The zero-order valence-electron chi connectivity index (χ0n) is 17.8. The summed E-state index contributed by atoms with van der Waals surface area (Å²) in [4.78, 5) is 28.4. The molecular formula is C27H22N2O4. The van der Waals surface area contributed by atoms with Crippen LogP contribution in [0, 0.1) is 0 Å². The molecule has 6 heteroatoms. The van der Waals surface area contributed by atoms with E-state index in [4.69, 9.17) is 4.74 Å². The van der Waals surface area contributed by atoms with Gasteiger partial charge in [-0.2, -0.15) is 0 Å². The summed E-state index contributed by atoms with van der Waals surface area (Å²) in [6, 6.07) is 22.6. The third kappa shape index (κ3) is 4.15. The van der Waals surface area contributed by atoms with Gasteiger partial charge in [0.2, 0.25) is 0 Å². The van der Waals surface area contributed by atoms with Gasteiger partial charge in [-0.25, -0.2) is 9.59 Å². The number of benzene rings is 3. The minimum Gasteiger partial charge on any atom is -0.480 e. The molecule has 1 unspecified atom stereocenters. The number of carbonyl (C=O) groups is 2. The summed E-state index contributed by atoms with van der Waals surface area (Å²) in [7, 11) is 0. The van der Waals surface area contributed by atoms with Crippen molar-refractivity contribution >= 4 is 22.8 Å². The Kier molecular flexibility index (Phi) is 5.48. The molecule has 0 saturated carbocycles. The second-order valence-electron chi connectivity index (χ2n) is 8.12. The van der Waals surface area contributed by atoms with E-state index < -0.39 is 18.1 Å². The molecule has 0 radical (unpaired) electrons. The molecule has 33 heavy (non-hydrogen) atoms. The van der Waals surface area contributed by atoms with E-state index in [-0.39, 0.29) is 18.9 Å². The van der Waals surface area contributed by atoms with E-state index in [1.54, 1.807) is 12.4 Å². The highest BCUT2D eigenvalue weighted by molar-refractivity contribution is 5.83. The normalized spacial score (nSPS) is 13.2. The number of hydrogen-bond donors (Lipinski definition) is 2. The summed E-state index contributed by atoms with van der Waals surface area (Å²) in [5, 5.41) is 14.1. The summed E-state index contributed by atoms with van der Waals surface area (Å²) in [6.07, 6.45) is 2.84. The van der Waals surface area contributed by atoms with E-state index in [9.17, 15) is 14.7 Å². The van der Waals surface area contributed by atoms with Gasteiger partial charge < -0.3 is 15.2 Å². The van der Waals surface area contributed by atoms with E-state index in [1.165, 1.54) is 0 Å². The maximum Gasteiger partial charge on any atom is 0.407 e. The Labute approximate surface area is 190 Å². The number of nitrogens with one attached hydrogen (secondary N) is 1. The quantitative estimate of drug-likeness (QED) is 0.453. The van der Waals surface area contributed by atoms with E-state index in [2.05, 4.69) is 22.4 Å². The van der Waals surface area contributed by atoms with Crippen LogP contribution < -0.4 is 5.32 Å². The molecule has 1 aliphatic carbocycles. The third-order valence-corrected chi connectivity index (χ3v) is 6.08. The molecule has 6 nitrogen and oxygen atoms in total. The highest BCUT2D eigenvalue weighted by Crippen LogP contribution is 2.44. The molecular weight excluding hydrogens is 416 g/mol. The molecule has 0 saturated heterocycles. The largest absolute Gasteiger partial charge is 0.480 e. The number of aromatic nitrogens is 1. The van der Waals surface area contributed by atoms with Gasteiger partial charge in [0.15, 0.2) is 0 Å². The molecule has 1 aromatic heterocycles. The van der Waals surface area contributed by atoms with Gasteiger partial charge in [0.25, 0.3) is 0 Å². The second-order valence-corrected chi connectivity index (χ2v) is 8.12. The highest BCUT2D eigenvalue weighted by atomic mass is 16.5. The van der Waals surface area contributed by atoms with E-state index in [1.807, 2.05) is 60.7 Å². The topological polar surface area (TPSA) is 88.5 Å². The van der Waals surface area contributed by atoms with Crippen LogP contribution in [0.5, 0.6) is 0 Å². The number of nitrogens with zero attached hydrogens (tertiary/aromatic N) is 1. The molecule has 0 bridgehead atoms. The molecule has 2 N–H and O–H groups in total. The van der Waals surface area contributed by atoms with Crippen molar-refractivity contribution in [1.29, 1.82) is 0 Å². The summed E-state index contributed by atoms with van der Waals surface area (Å²) in [5.41, 5.74) is 5.27. The average Bonchev–Trinajstić information content (AvgIpc) is 3.16. The standard InChI is InChI=1S/C27H22N2O4/c30-26(31)25(14-17-9-10-18-11-12-28-15-19(18)13-17)29-27(32)33-16-24-22-7-3-1-5-20(22)21-6-2-4-8-23(21)24/h1-13,15,24-25H,14,16H2,(H,29,32)(H,30,31). The average molecular weight is 438 g/mol. The smallest absolute Gasteiger partial charge is 0.407 e. The van der Waals surface area contributed by atoms with Crippen LogP contribution >= 0.6 is 0 Å². The fraction of sp³-hybridized carbons (Fsp3) is 0.148. The Morgan fingerprint density at radius 2 is 1.64 bits per heavy atom. The number of fused-ring (bicyclic) bond motifs is 4. The molecule has 3 aromatic carbocycles. The first-order chi connectivity index (χ1) is 16.1. The van der Waals surface area contributed by atoms with Crippen LogP contribution in [-0.4, -0.2) is 34.8 Å². The minimum absolute atomic E-state index is 0.0839. The van der Waals surface area contributed by atoms with Crippen molar-refractivity contribution in [3.05, 3.63) is 102 Å². The molecule has 4 aromatic rings. The van der Waals surface area contributed by atoms with Crippen molar-refractivity contribution in [2.75, 3.05) is 6.61 Å². The van der Waals surface area contributed by atoms with Gasteiger partial charge in [0, 0.05) is 30.1 Å². The monoisotopic (exact) mass is 438 g/mol. The van der Waals surface area contributed by atoms with Gasteiger partial charge in [-0.15, -0.1) is 0 Å². The molecule has 1 amide bonds. The summed E-state index contributed by atoms with van der Waals surface area (Å²) in [5.74, 6) is -1.20. The molecule has 1 aliphatic rings. The second kappa shape index (κ2) is 8.74. The van der Waals surface area contributed by atoms with Crippen molar-refractivity contribution in [2.24, 2.45) is 0 Å². The lowest BCUT2D eigenvalue weighted by Crippen LogP contribution is -2.42. The molecule has 1 atom stereocenters. The summed E-state index contributed by atoms with van der Waals surface area (Å²) < 4.78 is 5.50. The minimum atomic E-state index is -1.12. The first-order valence-corrected chi connectivity index (χ1v) is 10.8. The van der Waals surface area contributed by atoms with Crippen molar-refractivity contribution in [1.82, 2.24) is 10.3 Å². The van der Waals surface area contributed by atoms with E-state index in [0.29, 0.717) is 0 Å². The van der Waals surface area contributed by atoms with Gasteiger partial charge >= 0.3 is 12.1 Å². The van der Waals surface area contributed by atoms with Crippen molar-refractivity contribution in [3.8, 4) is 11.1 Å². The number of aliphatic carboxylic acids is 1. The lowest BCUT2D eigenvalue weighted by Gasteiger charge is -2.17. The number of carboxylic acid groups (broad SMARTS) is 1. The predicted molar refractivity (Wildman–Crippen MR) is 125 cm³/mol. The molecule has 164 valence electrons. The van der Waals surface area contributed by atoms with E-state index in [0.717, 1.165) is 38.6 Å². The number of amides is 1. The Morgan fingerprint density at radius 3 is 2.33 bits per heavy atom. The zero-order valence-corrected chi connectivity index (χ0v) is 17.8. The van der Waals surface area contributed by atoms with Crippen molar-refractivity contribution < 1.29 is 19.4 Å². The zero-order chi connectivity index (χ0) is 22.8. The molecule has 1 heterocycles. The Balaban J connectivity index is 1.27. The maximum absolute atomic E-state index is 12.5. The maximum atomic E-state index is 12.5. The first-order valence-electron chi connectivity index (χ1n) is 10.8. The Bertz CT molecular complexity index is 1310. The van der Waals surface area contributed by atoms with Gasteiger partial charge in [-0.3, -0.25) is 4.98 Å². The SMILES string of the molecule is O=C(NC(Cc1ccc2ccncc2c1)C(=O)O)OCC1c2ccccc2-c2ccccc21. The fourth-order valence-corrected chi connectivity index (χ4v) is 4.48. The third-order valence-electron chi connectivity index (χ3n) is 6.08. The number of rotatable bonds is 6. The van der Waals surface area contributed by atoms with Crippen LogP contribution in [0.4, 0.5) is 4.79 Å². The van der Waals surface area contributed by atoms with Gasteiger partial charge in [-0.05, 0) is 45.3 Å². The van der Waals surface area contributed by atoms with Crippen LogP contribution in [0.15, 0.2) is 85.2 Å². The number of hydrogen-bond acceptors (Lipinski definition) is 4. The van der Waals surface area contributed by atoms with Crippen LogP contribution in [0.3, 0.4) is 0 Å². The van der Waals surface area contributed by atoms with E-state index >= 15 is 0 Å². The van der Waals surface area contributed by atoms with Crippen molar-refractivity contribution in [3.63, 3.8) is 0 Å². The number of pyridine rings is 1. The first kappa shape index (κ1) is 20.7.